The van der Waals surface area contributed by atoms with Crippen molar-refractivity contribution in [3.8, 4) is 0 Å². The summed E-state index contributed by atoms with van der Waals surface area (Å²) >= 11 is 0. The van der Waals surface area contributed by atoms with Gasteiger partial charge in [0, 0.05) is 24.7 Å². The minimum atomic E-state index is 0.389. The number of benzene rings is 1. The van der Waals surface area contributed by atoms with Crippen molar-refractivity contribution in [3.63, 3.8) is 0 Å². The Labute approximate surface area is 83.7 Å². The molecular weight excluding hydrogens is 174 g/mol. The highest BCUT2D eigenvalue weighted by Gasteiger charge is 2.04. The maximum absolute atomic E-state index is 4.34. The third-order valence-electron chi connectivity index (χ3n) is 2.58. The van der Waals surface area contributed by atoms with Gasteiger partial charge in [-0.2, -0.15) is 5.10 Å². The quantitative estimate of drug-likeness (QED) is 0.781. The second-order valence-corrected chi connectivity index (χ2v) is 3.63. The number of nitrogens with zero attached hydrogens (tertiary/aromatic N) is 2. The number of aromatic nitrogens is 2. The van der Waals surface area contributed by atoms with Crippen LogP contribution >= 0.6 is 0 Å². The Kier molecular flexibility index (Phi) is 2.25. The van der Waals surface area contributed by atoms with E-state index in [2.05, 4.69) is 35.5 Å². The van der Waals surface area contributed by atoms with Gasteiger partial charge in [-0.1, -0.05) is 6.07 Å². The molecule has 0 saturated heterocycles. The number of hydrogen-bond donors (Lipinski definition) is 1. The van der Waals surface area contributed by atoms with E-state index in [1.807, 2.05) is 25.0 Å². The molecule has 0 aliphatic carbocycles. The van der Waals surface area contributed by atoms with Crippen LogP contribution in [0.25, 0.3) is 10.9 Å². The first-order valence-corrected chi connectivity index (χ1v) is 4.81. The highest BCUT2D eigenvalue weighted by molar-refractivity contribution is 5.78. The summed E-state index contributed by atoms with van der Waals surface area (Å²) in [4.78, 5) is 0. The van der Waals surface area contributed by atoms with Crippen molar-refractivity contribution in [3.05, 3.63) is 30.0 Å². The molecule has 0 bridgehead atoms. The standard InChI is InChI=1S/C11H15N3/c1-8(12-2)9-4-5-11-10(6-9)7-14(3)13-11/h4-8,12H,1-3H3. The highest BCUT2D eigenvalue weighted by Crippen LogP contribution is 2.18. The van der Waals surface area contributed by atoms with E-state index in [0.717, 1.165) is 5.52 Å². The zero-order valence-corrected chi connectivity index (χ0v) is 8.78. The fourth-order valence-electron chi connectivity index (χ4n) is 1.60. The average Bonchev–Trinajstić information content (AvgIpc) is 2.55. The molecule has 1 heterocycles. The van der Waals surface area contributed by atoms with Gasteiger partial charge in [-0.05, 0) is 31.7 Å². The molecule has 14 heavy (non-hydrogen) atoms. The van der Waals surface area contributed by atoms with E-state index in [1.165, 1.54) is 10.9 Å². The first-order valence-electron chi connectivity index (χ1n) is 4.81. The predicted molar refractivity (Wildman–Crippen MR) is 58.2 cm³/mol. The summed E-state index contributed by atoms with van der Waals surface area (Å²) < 4.78 is 1.85. The van der Waals surface area contributed by atoms with Gasteiger partial charge in [0.25, 0.3) is 0 Å². The topological polar surface area (TPSA) is 29.9 Å². The molecule has 0 fully saturated rings. The highest BCUT2D eigenvalue weighted by atomic mass is 15.2. The number of fused-ring (bicyclic) bond motifs is 1. The van der Waals surface area contributed by atoms with Crippen molar-refractivity contribution in [1.29, 1.82) is 0 Å². The van der Waals surface area contributed by atoms with E-state index in [9.17, 15) is 0 Å². The molecule has 1 aromatic carbocycles. The molecule has 1 aromatic heterocycles. The Morgan fingerprint density at radius 1 is 1.43 bits per heavy atom. The number of nitrogens with one attached hydrogen (secondary N) is 1. The van der Waals surface area contributed by atoms with E-state index < -0.39 is 0 Å². The number of rotatable bonds is 2. The first-order chi connectivity index (χ1) is 6.70. The molecule has 0 aliphatic heterocycles. The van der Waals surface area contributed by atoms with Gasteiger partial charge in [-0.25, -0.2) is 0 Å². The van der Waals surface area contributed by atoms with Crippen molar-refractivity contribution in [2.45, 2.75) is 13.0 Å². The Hall–Kier alpha value is -1.35. The van der Waals surface area contributed by atoms with Crippen LogP contribution in [0.4, 0.5) is 0 Å². The van der Waals surface area contributed by atoms with Gasteiger partial charge in [0.2, 0.25) is 0 Å². The Balaban J connectivity index is 2.50. The fourth-order valence-corrected chi connectivity index (χ4v) is 1.60. The smallest absolute Gasteiger partial charge is 0.0923 e. The Bertz CT molecular complexity index is 445. The summed E-state index contributed by atoms with van der Waals surface area (Å²) in [5, 5.41) is 8.76. The summed E-state index contributed by atoms with van der Waals surface area (Å²) in [6.07, 6.45) is 2.04. The summed E-state index contributed by atoms with van der Waals surface area (Å²) in [5.74, 6) is 0. The number of aryl methyl sites for hydroxylation is 1. The SMILES string of the molecule is CNC(C)c1ccc2nn(C)cc2c1. The minimum absolute atomic E-state index is 0.389. The van der Waals surface area contributed by atoms with Gasteiger partial charge >= 0.3 is 0 Å². The molecule has 3 heteroatoms. The lowest BCUT2D eigenvalue weighted by atomic mass is 10.1. The third kappa shape index (κ3) is 1.51. The summed E-state index contributed by atoms with van der Waals surface area (Å²) in [5.41, 5.74) is 2.35. The molecule has 0 saturated carbocycles. The summed E-state index contributed by atoms with van der Waals surface area (Å²) in [7, 11) is 3.92. The Morgan fingerprint density at radius 2 is 2.21 bits per heavy atom. The zero-order valence-electron chi connectivity index (χ0n) is 8.78. The van der Waals surface area contributed by atoms with Crippen molar-refractivity contribution < 1.29 is 0 Å². The van der Waals surface area contributed by atoms with Crippen LogP contribution in [0.2, 0.25) is 0 Å². The average molecular weight is 189 g/mol. The van der Waals surface area contributed by atoms with Crippen molar-refractivity contribution >= 4 is 10.9 Å². The first kappa shape index (κ1) is 9.21. The minimum Gasteiger partial charge on any atom is -0.313 e. The van der Waals surface area contributed by atoms with Crippen LogP contribution in [-0.2, 0) is 7.05 Å². The van der Waals surface area contributed by atoms with Crippen LogP contribution in [0.5, 0.6) is 0 Å². The molecule has 0 spiro atoms. The van der Waals surface area contributed by atoms with Crippen molar-refractivity contribution in [2.75, 3.05) is 7.05 Å². The second-order valence-electron chi connectivity index (χ2n) is 3.63. The van der Waals surface area contributed by atoms with Crippen molar-refractivity contribution in [1.82, 2.24) is 15.1 Å². The van der Waals surface area contributed by atoms with E-state index in [4.69, 9.17) is 0 Å². The second kappa shape index (κ2) is 3.42. The molecule has 3 nitrogen and oxygen atoms in total. The molecule has 1 N–H and O–H groups in total. The molecule has 2 aromatic rings. The summed E-state index contributed by atoms with van der Waals surface area (Å²) in [6.45, 7) is 2.15. The summed E-state index contributed by atoms with van der Waals surface area (Å²) in [6, 6.07) is 6.76. The zero-order chi connectivity index (χ0) is 10.1. The monoisotopic (exact) mass is 189 g/mol. The van der Waals surface area contributed by atoms with Crippen LogP contribution in [-0.4, -0.2) is 16.8 Å². The fraction of sp³-hybridized carbons (Fsp3) is 0.364. The van der Waals surface area contributed by atoms with E-state index in [0.29, 0.717) is 6.04 Å². The van der Waals surface area contributed by atoms with Crippen LogP contribution in [0, 0.1) is 0 Å². The number of hydrogen-bond acceptors (Lipinski definition) is 2. The maximum Gasteiger partial charge on any atom is 0.0923 e. The molecule has 1 unspecified atom stereocenters. The molecule has 0 amide bonds. The maximum atomic E-state index is 4.34. The molecule has 0 radical (unpaired) electrons. The van der Waals surface area contributed by atoms with Gasteiger partial charge in [0.05, 0.1) is 5.52 Å². The van der Waals surface area contributed by atoms with Gasteiger partial charge in [0.15, 0.2) is 0 Å². The van der Waals surface area contributed by atoms with Crippen LogP contribution in [0.15, 0.2) is 24.4 Å². The van der Waals surface area contributed by atoms with Crippen LogP contribution < -0.4 is 5.32 Å². The lowest BCUT2D eigenvalue weighted by Gasteiger charge is -2.09. The van der Waals surface area contributed by atoms with Crippen molar-refractivity contribution in [2.24, 2.45) is 7.05 Å². The molecular formula is C11H15N3. The van der Waals surface area contributed by atoms with E-state index in [1.54, 1.807) is 0 Å². The lowest BCUT2D eigenvalue weighted by molar-refractivity contribution is 0.653. The largest absolute Gasteiger partial charge is 0.313 e. The van der Waals surface area contributed by atoms with Crippen LogP contribution in [0.1, 0.15) is 18.5 Å². The van der Waals surface area contributed by atoms with E-state index >= 15 is 0 Å². The molecule has 2 rings (SSSR count). The predicted octanol–water partition coefficient (Wildman–Crippen LogP) is 1.85. The van der Waals surface area contributed by atoms with Gasteiger partial charge in [-0.3, -0.25) is 4.68 Å². The Morgan fingerprint density at radius 3 is 2.93 bits per heavy atom. The molecule has 1 atom stereocenters. The molecule has 74 valence electrons. The van der Waals surface area contributed by atoms with Gasteiger partial charge < -0.3 is 5.32 Å². The lowest BCUT2D eigenvalue weighted by Crippen LogP contribution is -2.11. The third-order valence-corrected chi connectivity index (χ3v) is 2.58. The van der Waals surface area contributed by atoms with Crippen LogP contribution in [0.3, 0.4) is 0 Å². The van der Waals surface area contributed by atoms with Gasteiger partial charge in [0.1, 0.15) is 0 Å². The molecule has 0 aliphatic rings. The van der Waals surface area contributed by atoms with E-state index in [-0.39, 0.29) is 0 Å². The van der Waals surface area contributed by atoms with Gasteiger partial charge in [-0.15, -0.1) is 0 Å². The normalized spacial score (nSPS) is 13.4.